The predicted octanol–water partition coefficient (Wildman–Crippen LogP) is 1.85. The molecule has 2 N–H and O–H groups in total. The molecule has 1 aliphatic heterocycles. The fourth-order valence-electron chi connectivity index (χ4n) is 2.11. The Morgan fingerprint density at radius 1 is 1.29 bits per heavy atom. The molecule has 1 aromatic heterocycles. The molecule has 1 fully saturated rings. The SMILES string of the molecule is CC(C)(C)OC(=O)NNC(=O)c1cc(Br)cnc1N1CCOCC1. The number of hydrogen-bond donors (Lipinski definition) is 2. The molecule has 0 radical (unpaired) electrons. The van der Waals surface area contributed by atoms with Crippen LogP contribution in [0.15, 0.2) is 16.7 Å². The van der Waals surface area contributed by atoms with Crippen LogP contribution in [0.5, 0.6) is 0 Å². The van der Waals surface area contributed by atoms with E-state index in [1.54, 1.807) is 33.0 Å². The minimum Gasteiger partial charge on any atom is -0.443 e. The number of aromatic nitrogens is 1. The number of hydrogen-bond acceptors (Lipinski definition) is 6. The Morgan fingerprint density at radius 2 is 1.96 bits per heavy atom. The summed E-state index contributed by atoms with van der Waals surface area (Å²) in [7, 11) is 0. The van der Waals surface area contributed by atoms with Crippen molar-refractivity contribution in [3.63, 3.8) is 0 Å². The molecule has 1 saturated heterocycles. The van der Waals surface area contributed by atoms with Gasteiger partial charge in [-0.05, 0) is 42.8 Å². The predicted molar refractivity (Wildman–Crippen MR) is 91.8 cm³/mol. The topological polar surface area (TPSA) is 92.8 Å². The van der Waals surface area contributed by atoms with E-state index in [4.69, 9.17) is 9.47 Å². The molecule has 8 nitrogen and oxygen atoms in total. The quantitative estimate of drug-likeness (QED) is 0.735. The van der Waals surface area contributed by atoms with Gasteiger partial charge in [-0.1, -0.05) is 0 Å². The van der Waals surface area contributed by atoms with Crippen LogP contribution in [0, 0.1) is 0 Å². The molecular weight excluding hydrogens is 380 g/mol. The van der Waals surface area contributed by atoms with Crippen LogP contribution in [-0.4, -0.2) is 48.9 Å². The fraction of sp³-hybridized carbons (Fsp3) is 0.533. The molecule has 0 spiro atoms. The molecule has 0 aromatic carbocycles. The Labute approximate surface area is 149 Å². The van der Waals surface area contributed by atoms with Gasteiger partial charge in [0.2, 0.25) is 0 Å². The second-order valence-electron chi connectivity index (χ2n) is 6.21. The number of carbonyl (C=O) groups is 2. The zero-order valence-corrected chi connectivity index (χ0v) is 15.5. The van der Waals surface area contributed by atoms with Crippen molar-refractivity contribution >= 4 is 33.7 Å². The third-order valence-corrected chi connectivity index (χ3v) is 3.50. The number of anilines is 1. The first-order valence-electron chi connectivity index (χ1n) is 7.54. The molecule has 1 aliphatic rings. The zero-order chi connectivity index (χ0) is 17.7. The number of ether oxygens (including phenoxy) is 2. The first-order chi connectivity index (χ1) is 11.3. The fourth-order valence-corrected chi connectivity index (χ4v) is 2.44. The Morgan fingerprint density at radius 3 is 2.58 bits per heavy atom. The van der Waals surface area contributed by atoms with E-state index < -0.39 is 17.6 Å². The lowest BCUT2D eigenvalue weighted by atomic mass is 10.2. The van der Waals surface area contributed by atoms with E-state index in [-0.39, 0.29) is 0 Å². The van der Waals surface area contributed by atoms with Crippen LogP contribution in [0.4, 0.5) is 10.6 Å². The number of nitrogens with one attached hydrogen (secondary N) is 2. The first-order valence-corrected chi connectivity index (χ1v) is 8.33. The lowest BCUT2D eigenvalue weighted by Crippen LogP contribution is -2.45. The second-order valence-corrected chi connectivity index (χ2v) is 7.12. The van der Waals surface area contributed by atoms with Crippen LogP contribution in [-0.2, 0) is 9.47 Å². The van der Waals surface area contributed by atoms with Crippen molar-refractivity contribution in [3.05, 3.63) is 22.3 Å². The number of morpholine rings is 1. The number of rotatable bonds is 2. The maximum absolute atomic E-state index is 12.4. The van der Waals surface area contributed by atoms with Crippen LogP contribution in [0.25, 0.3) is 0 Å². The summed E-state index contributed by atoms with van der Waals surface area (Å²) < 4.78 is 11.1. The smallest absolute Gasteiger partial charge is 0.426 e. The molecular formula is C15H21BrN4O4. The largest absolute Gasteiger partial charge is 0.443 e. The Bertz CT molecular complexity index is 612. The molecule has 132 valence electrons. The molecule has 0 bridgehead atoms. The minimum absolute atomic E-state index is 0.349. The third kappa shape index (κ3) is 5.34. The average Bonchev–Trinajstić information content (AvgIpc) is 2.51. The lowest BCUT2D eigenvalue weighted by molar-refractivity contribution is 0.0483. The molecule has 9 heteroatoms. The molecule has 0 aliphatic carbocycles. The minimum atomic E-state index is -0.730. The third-order valence-electron chi connectivity index (χ3n) is 3.07. The van der Waals surface area contributed by atoms with Crippen LogP contribution in [0.1, 0.15) is 31.1 Å². The van der Waals surface area contributed by atoms with Crippen molar-refractivity contribution in [1.82, 2.24) is 15.8 Å². The van der Waals surface area contributed by atoms with E-state index in [1.165, 1.54) is 0 Å². The van der Waals surface area contributed by atoms with E-state index >= 15 is 0 Å². The maximum atomic E-state index is 12.4. The van der Waals surface area contributed by atoms with Gasteiger partial charge in [0.1, 0.15) is 11.4 Å². The molecule has 0 atom stereocenters. The van der Waals surface area contributed by atoms with Gasteiger partial charge in [-0.2, -0.15) is 0 Å². The van der Waals surface area contributed by atoms with Crippen LogP contribution in [0.3, 0.4) is 0 Å². The standard InChI is InChI=1S/C15H21BrN4O4/c1-15(2,3)24-14(22)19-18-13(21)11-8-10(16)9-17-12(11)20-4-6-23-7-5-20/h8-9H,4-7H2,1-3H3,(H,18,21)(H,19,22). The number of carbonyl (C=O) groups excluding carboxylic acids is 2. The van der Waals surface area contributed by atoms with Crippen molar-refractivity contribution in [1.29, 1.82) is 0 Å². The zero-order valence-electron chi connectivity index (χ0n) is 13.9. The lowest BCUT2D eigenvalue weighted by Gasteiger charge is -2.29. The van der Waals surface area contributed by atoms with Crippen LogP contribution < -0.4 is 15.8 Å². The summed E-state index contributed by atoms with van der Waals surface area (Å²) in [6.45, 7) is 7.67. The molecule has 0 unspecified atom stereocenters. The second kappa shape index (κ2) is 7.80. The van der Waals surface area contributed by atoms with Crippen molar-refractivity contribution < 1.29 is 19.1 Å². The summed E-state index contributed by atoms with van der Waals surface area (Å²) in [5.74, 6) is 0.0705. The normalized spacial score (nSPS) is 14.9. The summed E-state index contributed by atoms with van der Waals surface area (Å²) >= 11 is 3.31. The van der Waals surface area contributed by atoms with Gasteiger partial charge >= 0.3 is 6.09 Å². The summed E-state index contributed by atoms with van der Waals surface area (Å²) in [5, 5.41) is 0. The number of hydrazine groups is 1. The Hall–Kier alpha value is -1.87. The summed E-state index contributed by atoms with van der Waals surface area (Å²) in [6, 6.07) is 1.66. The number of nitrogens with zero attached hydrogens (tertiary/aromatic N) is 2. The number of amides is 2. The van der Waals surface area contributed by atoms with E-state index in [9.17, 15) is 9.59 Å². The van der Waals surface area contributed by atoms with Crippen LogP contribution >= 0.6 is 15.9 Å². The van der Waals surface area contributed by atoms with Gasteiger partial charge in [-0.15, -0.1) is 0 Å². The van der Waals surface area contributed by atoms with E-state index in [0.717, 1.165) is 0 Å². The average molecular weight is 401 g/mol. The van der Waals surface area contributed by atoms with Gasteiger partial charge in [0.15, 0.2) is 0 Å². The van der Waals surface area contributed by atoms with Gasteiger partial charge in [0.25, 0.3) is 5.91 Å². The highest BCUT2D eigenvalue weighted by atomic mass is 79.9. The Kier molecular flexibility index (Phi) is 6.00. The molecule has 2 amide bonds. The number of halogens is 1. The first kappa shape index (κ1) is 18.5. The van der Waals surface area contributed by atoms with Crippen molar-refractivity contribution in [3.8, 4) is 0 Å². The van der Waals surface area contributed by atoms with Gasteiger partial charge in [-0.3, -0.25) is 10.2 Å². The molecule has 24 heavy (non-hydrogen) atoms. The Balaban J connectivity index is 2.07. The number of pyridine rings is 1. The molecule has 2 heterocycles. The van der Waals surface area contributed by atoms with Gasteiger partial charge in [0.05, 0.1) is 18.8 Å². The van der Waals surface area contributed by atoms with Gasteiger partial charge in [-0.25, -0.2) is 15.2 Å². The summed E-state index contributed by atoms with van der Waals surface area (Å²) in [4.78, 5) is 30.4. The van der Waals surface area contributed by atoms with Gasteiger partial charge in [0, 0.05) is 23.8 Å². The highest BCUT2D eigenvalue weighted by Gasteiger charge is 2.22. The molecule has 1 aromatic rings. The van der Waals surface area contributed by atoms with Crippen molar-refractivity contribution in [2.24, 2.45) is 0 Å². The summed E-state index contributed by atoms with van der Waals surface area (Å²) in [6.07, 6.45) is 0.898. The highest BCUT2D eigenvalue weighted by molar-refractivity contribution is 9.10. The van der Waals surface area contributed by atoms with E-state index in [2.05, 4.69) is 31.8 Å². The van der Waals surface area contributed by atoms with Gasteiger partial charge < -0.3 is 14.4 Å². The van der Waals surface area contributed by atoms with Crippen molar-refractivity contribution in [2.75, 3.05) is 31.2 Å². The maximum Gasteiger partial charge on any atom is 0.426 e. The highest BCUT2D eigenvalue weighted by Crippen LogP contribution is 2.22. The summed E-state index contributed by atoms with van der Waals surface area (Å²) in [5.41, 5.74) is 4.29. The van der Waals surface area contributed by atoms with E-state index in [0.29, 0.717) is 42.2 Å². The van der Waals surface area contributed by atoms with Crippen molar-refractivity contribution in [2.45, 2.75) is 26.4 Å². The molecule has 2 rings (SSSR count). The molecule has 0 saturated carbocycles. The van der Waals surface area contributed by atoms with E-state index in [1.807, 2.05) is 4.90 Å². The monoisotopic (exact) mass is 400 g/mol. The van der Waals surface area contributed by atoms with Crippen LogP contribution in [0.2, 0.25) is 0 Å².